The maximum absolute atomic E-state index is 12.6. The molecule has 0 bridgehead atoms. The van der Waals surface area contributed by atoms with Crippen molar-refractivity contribution in [2.75, 3.05) is 26.3 Å². The number of nitrogens with one attached hydrogen (secondary N) is 1. The van der Waals surface area contributed by atoms with Gasteiger partial charge in [0.1, 0.15) is 6.04 Å². The Labute approximate surface area is 129 Å². The number of amides is 2. The van der Waals surface area contributed by atoms with Gasteiger partial charge in [-0.2, -0.15) is 0 Å². The van der Waals surface area contributed by atoms with Crippen LogP contribution in [-0.4, -0.2) is 49.1 Å². The molecule has 1 aliphatic rings. The molecular weight excluding hydrogens is 292 g/mol. The van der Waals surface area contributed by atoms with Crippen LogP contribution in [0.25, 0.3) is 0 Å². The third-order valence-corrected chi connectivity index (χ3v) is 3.68. The summed E-state index contributed by atoms with van der Waals surface area (Å²) >= 11 is 5.80. The molecule has 1 aromatic rings. The number of alkyl halides is 1. The first-order valence-electron chi connectivity index (χ1n) is 6.98. The molecule has 1 atom stereocenters. The van der Waals surface area contributed by atoms with E-state index >= 15 is 0 Å². The Morgan fingerprint density at radius 2 is 2.29 bits per heavy atom. The monoisotopic (exact) mass is 310 g/mol. The van der Waals surface area contributed by atoms with Gasteiger partial charge in [-0.05, 0) is 24.6 Å². The van der Waals surface area contributed by atoms with Crippen molar-refractivity contribution in [3.63, 3.8) is 0 Å². The highest BCUT2D eigenvalue weighted by Crippen LogP contribution is 2.15. The minimum atomic E-state index is -0.578. The number of hydrogen-bond donors (Lipinski definition) is 1. The summed E-state index contributed by atoms with van der Waals surface area (Å²) in [6, 6.07) is 6.59. The fourth-order valence-electron chi connectivity index (χ4n) is 2.31. The van der Waals surface area contributed by atoms with Crippen LogP contribution in [0.15, 0.2) is 24.3 Å². The summed E-state index contributed by atoms with van der Waals surface area (Å²) in [5.41, 5.74) is 1.43. The molecule has 0 saturated carbocycles. The second kappa shape index (κ2) is 7.43. The number of nitrogens with zero attached hydrogens (tertiary/aromatic N) is 1. The van der Waals surface area contributed by atoms with E-state index in [4.69, 9.17) is 16.3 Å². The van der Waals surface area contributed by atoms with Crippen molar-refractivity contribution in [2.24, 2.45) is 0 Å². The largest absolute Gasteiger partial charge is 0.377 e. The van der Waals surface area contributed by atoms with Gasteiger partial charge in [-0.3, -0.25) is 9.59 Å². The number of ether oxygens (including phenoxy) is 1. The van der Waals surface area contributed by atoms with Crippen LogP contribution < -0.4 is 5.32 Å². The van der Waals surface area contributed by atoms with E-state index in [0.717, 1.165) is 5.56 Å². The molecule has 1 saturated heterocycles. The minimum Gasteiger partial charge on any atom is -0.377 e. The molecule has 114 valence electrons. The molecule has 0 aromatic heterocycles. The van der Waals surface area contributed by atoms with E-state index in [2.05, 4.69) is 5.32 Å². The van der Waals surface area contributed by atoms with Gasteiger partial charge in [0.25, 0.3) is 5.91 Å². The van der Waals surface area contributed by atoms with Crippen molar-refractivity contribution < 1.29 is 14.3 Å². The second-order valence-electron chi connectivity index (χ2n) is 4.82. The van der Waals surface area contributed by atoms with E-state index in [9.17, 15) is 9.59 Å². The maximum atomic E-state index is 12.6. The quantitative estimate of drug-likeness (QED) is 0.855. The first-order chi connectivity index (χ1) is 10.2. The summed E-state index contributed by atoms with van der Waals surface area (Å²) < 4.78 is 5.33. The molecule has 0 radical (unpaired) electrons. The van der Waals surface area contributed by atoms with Gasteiger partial charge in [0.05, 0.1) is 13.2 Å². The lowest BCUT2D eigenvalue weighted by molar-refractivity contribution is -0.130. The first kappa shape index (κ1) is 15.8. The zero-order valence-corrected chi connectivity index (χ0v) is 12.7. The van der Waals surface area contributed by atoms with Crippen molar-refractivity contribution in [2.45, 2.75) is 18.8 Å². The van der Waals surface area contributed by atoms with Crippen molar-refractivity contribution in [1.82, 2.24) is 10.2 Å². The molecule has 1 aliphatic heterocycles. The average Bonchev–Trinajstić information content (AvgIpc) is 2.54. The molecule has 6 heteroatoms. The molecule has 5 nitrogen and oxygen atoms in total. The smallest absolute Gasteiger partial charge is 0.254 e. The molecule has 0 spiro atoms. The topological polar surface area (TPSA) is 58.6 Å². The van der Waals surface area contributed by atoms with Gasteiger partial charge in [0.2, 0.25) is 5.91 Å². The lowest BCUT2D eigenvalue weighted by Crippen LogP contribution is -2.55. The summed E-state index contributed by atoms with van der Waals surface area (Å²) in [5, 5.41) is 2.74. The van der Waals surface area contributed by atoms with Crippen LogP contribution in [0.1, 0.15) is 22.8 Å². The Kier molecular flexibility index (Phi) is 5.59. The fraction of sp³-hybridized carbons (Fsp3) is 0.467. The van der Waals surface area contributed by atoms with Gasteiger partial charge in [-0.15, -0.1) is 11.6 Å². The number of carbonyl (C=O) groups excluding carboxylic acids is 2. The summed E-state index contributed by atoms with van der Waals surface area (Å²) in [5.74, 6) is 0.00447. The van der Waals surface area contributed by atoms with Gasteiger partial charge in [-0.25, -0.2) is 0 Å². The average molecular weight is 311 g/mol. The fourth-order valence-corrected chi connectivity index (χ4v) is 2.48. The van der Waals surface area contributed by atoms with Gasteiger partial charge in [0.15, 0.2) is 0 Å². The summed E-state index contributed by atoms with van der Waals surface area (Å²) in [6.07, 6.45) is 0. The van der Waals surface area contributed by atoms with Crippen LogP contribution >= 0.6 is 11.6 Å². The highest BCUT2D eigenvalue weighted by atomic mass is 35.5. The molecule has 21 heavy (non-hydrogen) atoms. The van der Waals surface area contributed by atoms with Crippen molar-refractivity contribution in [3.05, 3.63) is 35.4 Å². The van der Waals surface area contributed by atoms with Gasteiger partial charge < -0.3 is 15.0 Å². The zero-order valence-electron chi connectivity index (χ0n) is 12.0. The molecule has 1 N–H and O–H groups in total. The number of rotatable bonds is 4. The normalized spacial score (nSPS) is 18.4. The SMILES string of the molecule is CCNC(=O)C1COCCN1C(=O)c1cccc(CCl)c1. The number of hydrogen-bond acceptors (Lipinski definition) is 3. The number of likely N-dealkylation sites (N-methyl/N-ethyl adjacent to an activating group) is 1. The predicted octanol–water partition coefficient (Wildman–Crippen LogP) is 1.40. The molecule has 1 fully saturated rings. The van der Waals surface area contributed by atoms with Gasteiger partial charge in [-0.1, -0.05) is 12.1 Å². The van der Waals surface area contributed by atoms with E-state index in [0.29, 0.717) is 31.1 Å². The highest BCUT2D eigenvalue weighted by molar-refractivity contribution is 6.17. The van der Waals surface area contributed by atoms with Crippen molar-refractivity contribution in [3.8, 4) is 0 Å². The molecule has 1 unspecified atom stereocenters. The molecule has 1 aromatic carbocycles. The van der Waals surface area contributed by atoms with E-state index in [1.54, 1.807) is 23.1 Å². The standard InChI is InChI=1S/C15H19ClN2O3/c1-2-17-14(19)13-10-21-7-6-18(13)15(20)12-5-3-4-11(8-12)9-16/h3-5,8,13H,2,6-7,9-10H2,1H3,(H,17,19). The lowest BCUT2D eigenvalue weighted by Gasteiger charge is -2.34. The van der Waals surface area contributed by atoms with Crippen LogP contribution in [0.5, 0.6) is 0 Å². The predicted molar refractivity (Wildman–Crippen MR) is 80.3 cm³/mol. The molecular formula is C15H19ClN2O3. The molecule has 1 heterocycles. The van der Waals surface area contributed by atoms with E-state index in [1.807, 2.05) is 13.0 Å². The molecule has 2 rings (SSSR count). The van der Waals surface area contributed by atoms with Crippen molar-refractivity contribution >= 4 is 23.4 Å². The maximum Gasteiger partial charge on any atom is 0.254 e. The van der Waals surface area contributed by atoms with Crippen LogP contribution in [0.3, 0.4) is 0 Å². The third kappa shape index (κ3) is 3.74. The highest BCUT2D eigenvalue weighted by Gasteiger charge is 2.33. The Bertz CT molecular complexity index is 521. The molecule has 0 aliphatic carbocycles. The number of benzene rings is 1. The van der Waals surface area contributed by atoms with Gasteiger partial charge >= 0.3 is 0 Å². The number of carbonyl (C=O) groups is 2. The third-order valence-electron chi connectivity index (χ3n) is 3.37. The Balaban J connectivity index is 2.19. The Morgan fingerprint density at radius 3 is 3.00 bits per heavy atom. The Hall–Kier alpha value is -1.59. The number of halogens is 1. The van der Waals surface area contributed by atoms with Gasteiger partial charge in [0, 0.05) is 24.5 Å². The van der Waals surface area contributed by atoms with E-state index in [1.165, 1.54) is 0 Å². The Morgan fingerprint density at radius 1 is 1.48 bits per heavy atom. The first-order valence-corrected chi connectivity index (χ1v) is 7.52. The van der Waals surface area contributed by atoms with Crippen molar-refractivity contribution in [1.29, 1.82) is 0 Å². The summed E-state index contributed by atoms with van der Waals surface area (Å²) in [6.45, 7) is 3.45. The van der Waals surface area contributed by atoms with Crippen LogP contribution in [0.2, 0.25) is 0 Å². The van der Waals surface area contributed by atoms with Crippen LogP contribution in [-0.2, 0) is 15.4 Å². The van der Waals surface area contributed by atoms with E-state index in [-0.39, 0.29) is 18.4 Å². The minimum absolute atomic E-state index is 0.165. The summed E-state index contributed by atoms with van der Waals surface area (Å²) in [7, 11) is 0. The van der Waals surface area contributed by atoms with Crippen LogP contribution in [0, 0.1) is 0 Å². The molecule has 2 amide bonds. The van der Waals surface area contributed by atoms with Crippen LogP contribution in [0.4, 0.5) is 0 Å². The van der Waals surface area contributed by atoms with E-state index < -0.39 is 6.04 Å². The zero-order chi connectivity index (χ0) is 15.2. The summed E-state index contributed by atoms with van der Waals surface area (Å²) in [4.78, 5) is 26.3. The lowest BCUT2D eigenvalue weighted by atomic mass is 10.1. The number of morpholine rings is 1. The second-order valence-corrected chi connectivity index (χ2v) is 5.09.